The summed E-state index contributed by atoms with van der Waals surface area (Å²) in [4.78, 5) is 25.8. The summed E-state index contributed by atoms with van der Waals surface area (Å²) < 4.78 is 5.78. The number of likely N-dealkylation sites (tertiary alicyclic amines) is 1. The van der Waals surface area contributed by atoms with Gasteiger partial charge in [0.05, 0.1) is 33.7 Å². The molecule has 2 unspecified atom stereocenters. The molecule has 1 amide bonds. The average Bonchev–Trinajstić information content (AvgIpc) is 2.85. The van der Waals surface area contributed by atoms with E-state index < -0.39 is 18.7 Å². The Morgan fingerprint density at radius 1 is 1.11 bits per heavy atom. The number of piperidine rings is 1. The number of benzene rings is 2. The molecule has 202 valence electrons. The van der Waals surface area contributed by atoms with Crippen molar-refractivity contribution in [3.8, 4) is 11.1 Å². The van der Waals surface area contributed by atoms with Crippen LogP contribution in [0.4, 0.5) is 0 Å². The van der Waals surface area contributed by atoms with E-state index in [0.717, 1.165) is 37.5 Å². The second kappa shape index (κ2) is 13.9. The molecular formula is C29H40ClN3O4. The Balaban J connectivity index is 1.41. The van der Waals surface area contributed by atoms with Crippen LogP contribution in [0, 0.1) is 5.92 Å². The van der Waals surface area contributed by atoms with E-state index in [1.54, 1.807) is 0 Å². The highest BCUT2D eigenvalue weighted by atomic mass is 35.5. The zero-order chi connectivity index (χ0) is 26.8. The van der Waals surface area contributed by atoms with Gasteiger partial charge in [-0.3, -0.25) is 4.79 Å². The molecule has 0 bridgehead atoms. The van der Waals surface area contributed by atoms with Crippen molar-refractivity contribution < 1.29 is 23.9 Å². The van der Waals surface area contributed by atoms with E-state index in [-0.39, 0.29) is 5.91 Å². The van der Waals surface area contributed by atoms with Crippen molar-refractivity contribution in [1.82, 2.24) is 10.2 Å². The van der Waals surface area contributed by atoms with Crippen molar-refractivity contribution in [2.45, 2.75) is 31.8 Å². The Kier molecular flexibility index (Phi) is 10.9. The summed E-state index contributed by atoms with van der Waals surface area (Å²) in [7, 11) is 5.80. The Labute approximate surface area is 226 Å². The number of rotatable bonds is 13. The number of ether oxygens (including phenoxy) is 1. The molecule has 1 heterocycles. The topological polar surface area (TPSA) is 81.7 Å². The van der Waals surface area contributed by atoms with Crippen LogP contribution in [0.25, 0.3) is 11.1 Å². The number of halogens is 1. The van der Waals surface area contributed by atoms with Crippen LogP contribution < -0.4 is 10.4 Å². The summed E-state index contributed by atoms with van der Waals surface area (Å²) in [5.41, 5.74) is 3.72. The van der Waals surface area contributed by atoms with Gasteiger partial charge in [0.25, 0.3) is 5.91 Å². The van der Waals surface area contributed by atoms with Gasteiger partial charge in [-0.15, -0.1) is 0 Å². The number of aliphatic carboxylic acids is 1. The molecule has 37 heavy (non-hydrogen) atoms. The number of hydrogen-bond donors (Lipinski definition) is 1. The van der Waals surface area contributed by atoms with Gasteiger partial charge in [0.2, 0.25) is 0 Å². The Morgan fingerprint density at radius 3 is 2.38 bits per heavy atom. The zero-order valence-electron chi connectivity index (χ0n) is 22.2. The van der Waals surface area contributed by atoms with Crippen molar-refractivity contribution in [2.75, 3.05) is 60.5 Å². The molecule has 2 aromatic carbocycles. The third-order valence-corrected chi connectivity index (χ3v) is 6.87. The van der Waals surface area contributed by atoms with Crippen molar-refractivity contribution in [3.63, 3.8) is 0 Å². The van der Waals surface area contributed by atoms with Gasteiger partial charge in [-0.25, -0.2) is 0 Å². The Bertz CT molecular complexity index is 1010. The van der Waals surface area contributed by atoms with Crippen LogP contribution in [-0.4, -0.2) is 87.8 Å². The highest BCUT2D eigenvalue weighted by Gasteiger charge is 2.26. The number of carbonyl (C=O) groups is 2. The van der Waals surface area contributed by atoms with E-state index in [2.05, 4.69) is 34.5 Å². The highest BCUT2D eigenvalue weighted by molar-refractivity contribution is 6.30. The molecule has 1 N–H and O–H groups in total. The fourth-order valence-corrected chi connectivity index (χ4v) is 4.96. The number of carbonyl (C=O) groups excluding carboxylic acids is 2. The van der Waals surface area contributed by atoms with Gasteiger partial charge < -0.3 is 29.3 Å². The lowest BCUT2D eigenvalue weighted by Crippen LogP contribution is -2.50. The molecule has 0 saturated carbocycles. The summed E-state index contributed by atoms with van der Waals surface area (Å²) in [6, 6.07) is 16.8. The van der Waals surface area contributed by atoms with Gasteiger partial charge in [0, 0.05) is 18.1 Å². The van der Waals surface area contributed by atoms with E-state index >= 15 is 0 Å². The number of quaternary nitrogens is 1. The molecule has 1 fully saturated rings. The number of carboxylic acids is 1. The summed E-state index contributed by atoms with van der Waals surface area (Å²) in [6.07, 6.45) is 3.50. The highest BCUT2D eigenvalue weighted by Crippen LogP contribution is 2.25. The van der Waals surface area contributed by atoms with Crippen LogP contribution in [0.5, 0.6) is 0 Å². The van der Waals surface area contributed by atoms with Crippen molar-refractivity contribution in [1.29, 1.82) is 0 Å². The lowest BCUT2D eigenvalue weighted by molar-refractivity contribution is -0.872. The van der Waals surface area contributed by atoms with Crippen LogP contribution >= 0.6 is 11.6 Å². The first-order valence-electron chi connectivity index (χ1n) is 13.1. The number of nitrogens with zero attached hydrogens (tertiary/aromatic N) is 2. The van der Waals surface area contributed by atoms with E-state index in [9.17, 15) is 14.7 Å². The maximum Gasteiger partial charge on any atom is 0.255 e. The van der Waals surface area contributed by atoms with Crippen LogP contribution in [0.15, 0.2) is 48.5 Å². The van der Waals surface area contributed by atoms with Gasteiger partial charge in [0.1, 0.15) is 6.54 Å². The average molecular weight is 530 g/mol. The van der Waals surface area contributed by atoms with Crippen LogP contribution in [0.1, 0.15) is 24.8 Å². The minimum atomic E-state index is -1.32. The number of amides is 1. The van der Waals surface area contributed by atoms with Crippen LogP contribution in [0.3, 0.4) is 0 Å². The molecular weight excluding hydrogens is 490 g/mol. The van der Waals surface area contributed by atoms with E-state index in [1.807, 2.05) is 45.4 Å². The molecule has 0 aromatic heterocycles. The predicted molar refractivity (Wildman–Crippen MR) is 145 cm³/mol. The first-order chi connectivity index (χ1) is 17.6. The number of hydrogen-bond acceptors (Lipinski definition) is 5. The fraction of sp³-hybridized carbons (Fsp3) is 0.517. The molecule has 1 aliphatic rings. The van der Waals surface area contributed by atoms with E-state index in [4.69, 9.17) is 16.3 Å². The lowest BCUT2D eigenvalue weighted by Gasteiger charge is -2.33. The van der Waals surface area contributed by atoms with Gasteiger partial charge in [-0.05, 0) is 73.5 Å². The fourth-order valence-electron chi connectivity index (χ4n) is 4.84. The number of nitrogens with one attached hydrogen (secondary N) is 1. The first-order valence-corrected chi connectivity index (χ1v) is 13.4. The molecule has 7 nitrogen and oxygen atoms in total. The minimum absolute atomic E-state index is 0.270. The second-order valence-corrected chi connectivity index (χ2v) is 11.4. The summed E-state index contributed by atoms with van der Waals surface area (Å²) in [5, 5.41) is 14.4. The minimum Gasteiger partial charge on any atom is -0.548 e. The number of likely N-dealkylation sites (N-methyl/N-ethyl adjacent to an activating group) is 1. The van der Waals surface area contributed by atoms with Gasteiger partial charge in [-0.1, -0.05) is 48.0 Å². The second-order valence-electron chi connectivity index (χ2n) is 11.0. The molecule has 0 radical (unpaired) electrons. The van der Waals surface area contributed by atoms with Crippen molar-refractivity contribution in [2.24, 2.45) is 5.92 Å². The van der Waals surface area contributed by atoms with Crippen molar-refractivity contribution in [3.05, 3.63) is 59.1 Å². The number of carboxylic acid groups (broad SMARTS) is 1. The summed E-state index contributed by atoms with van der Waals surface area (Å²) >= 11 is 6.00. The maximum absolute atomic E-state index is 12.6. The molecule has 1 aliphatic heterocycles. The van der Waals surface area contributed by atoms with Gasteiger partial charge in [-0.2, -0.15) is 0 Å². The van der Waals surface area contributed by atoms with Gasteiger partial charge in [0.15, 0.2) is 6.10 Å². The third-order valence-electron chi connectivity index (χ3n) is 6.62. The molecule has 2 atom stereocenters. The van der Waals surface area contributed by atoms with E-state index in [1.165, 1.54) is 29.5 Å². The smallest absolute Gasteiger partial charge is 0.255 e. The first kappa shape index (κ1) is 29.1. The largest absolute Gasteiger partial charge is 0.548 e. The predicted octanol–water partition coefficient (Wildman–Crippen LogP) is 2.61. The Hall–Kier alpha value is -2.45. The maximum atomic E-state index is 12.6. The molecule has 0 spiro atoms. The molecule has 3 rings (SSSR count). The molecule has 0 aliphatic carbocycles. The normalized spacial score (nSPS) is 17.4. The molecule has 8 heteroatoms. The zero-order valence-corrected chi connectivity index (χ0v) is 23.0. The standard InChI is InChI=1S/C29H40ClN3O4/c1-33(2,3)20-27(37-21-28(34)35)29(36)31-15-5-17-32-16-4-6-23(19-32)18-22-7-9-24(10-8-22)25-11-13-26(30)14-12-25/h7-14,23,27H,4-6,15-21H2,1-3H3,(H-,31,34,35,36). The Morgan fingerprint density at radius 2 is 1.76 bits per heavy atom. The molecule has 2 aromatic rings. The third kappa shape index (κ3) is 10.4. The monoisotopic (exact) mass is 529 g/mol. The van der Waals surface area contributed by atoms with Gasteiger partial charge >= 0.3 is 0 Å². The lowest BCUT2D eigenvalue weighted by atomic mass is 9.90. The quantitative estimate of drug-likeness (QED) is 0.319. The van der Waals surface area contributed by atoms with Crippen molar-refractivity contribution >= 4 is 23.5 Å². The van der Waals surface area contributed by atoms with E-state index in [0.29, 0.717) is 23.5 Å². The van der Waals surface area contributed by atoms with Crippen LogP contribution in [0.2, 0.25) is 5.02 Å². The molecule has 1 saturated heterocycles. The van der Waals surface area contributed by atoms with Crippen LogP contribution in [-0.2, 0) is 20.7 Å². The summed E-state index contributed by atoms with van der Waals surface area (Å²) in [6.45, 7) is 3.40. The summed E-state index contributed by atoms with van der Waals surface area (Å²) in [5.74, 6) is -0.971. The SMILES string of the molecule is C[N+](C)(C)CC(OCC(=O)[O-])C(=O)NCCCN1CCCC(Cc2ccc(-c3ccc(Cl)cc3)cc2)C1.